The number of hydrogen-bond acceptors (Lipinski definition) is 7. The van der Waals surface area contributed by atoms with Gasteiger partial charge in [0, 0.05) is 11.6 Å². The molecule has 2 aliphatic rings. The van der Waals surface area contributed by atoms with Crippen molar-refractivity contribution in [3.63, 3.8) is 0 Å². The number of aliphatic hydroxyl groups is 2. The number of pyridine rings is 1. The summed E-state index contributed by atoms with van der Waals surface area (Å²) in [7, 11) is 0. The minimum absolute atomic E-state index is 0.00669. The van der Waals surface area contributed by atoms with Gasteiger partial charge in [-0.1, -0.05) is 12.1 Å². The van der Waals surface area contributed by atoms with Gasteiger partial charge in [-0.05, 0) is 77.2 Å². The highest BCUT2D eigenvalue weighted by molar-refractivity contribution is 9.10. The molecule has 0 spiro atoms. The first kappa shape index (κ1) is 20.8. The molecule has 8 nitrogen and oxygen atoms in total. The molecule has 0 saturated heterocycles. The van der Waals surface area contributed by atoms with Crippen LogP contribution < -0.4 is 11.5 Å². The first-order chi connectivity index (χ1) is 15.8. The third kappa shape index (κ3) is 3.13. The fourth-order valence-corrected chi connectivity index (χ4v) is 6.43. The maximum Gasteiger partial charge on any atom is 0.145 e. The lowest BCUT2D eigenvalue weighted by Crippen LogP contribution is -2.42. The lowest BCUT2D eigenvalue weighted by molar-refractivity contribution is -0.0799. The largest absolute Gasteiger partial charge is 0.388 e. The normalized spacial score (nSPS) is 29.2. The number of aromatic nitrogens is 4. The maximum absolute atomic E-state index is 11.5. The lowest BCUT2D eigenvalue weighted by atomic mass is 9.84. The molecule has 2 saturated carbocycles. The molecule has 0 bridgehead atoms. The minimum atomic E-state index is -1.10. The molecule has 1 aromatic carbocycles. The van der Waals surface area contributed by atoms with Crippen molar-refractivity contribution >= 4 is 49.5 Å². The van der Waals surface area contributed by atoms with Crippen LogP contribution in [0.25, 0.3) is 21.9 Å². The van der Waals surface area contributed by atoms with Crippen LogP contribution in [0.3, 0.4) is 0 Å². The summed E-state index contributed by atoms with van der Waals surface area (Å²) in [5.41, 5.74) is 13.6. The molecule has 33 heavy (non-hydrogen) atoms. The zero-order chi connectivity index (χ0) is 22.9. The number of anilines is 2. The van der Waals surface area contributed by atoms with Gasteiger partial charge in [-0.25, -0.2) is 15.0 Å². The summed E-state index contributed by atoms with van der Waals surface area (Å²) in [6, 6.07) is 9.85. The number of hydrogen-bond donors (Lipinski definition) is 4. The highest BCUT2D eigenvalue weighted by Gasteiger charge is 2.59. The molecule has 170 valence electrons. The molecule has 2 unspecified atom stereocenters. The zero-order valence-corrected chi connectivity index (χ0v) is 19.5. The number of benzene rings is 1. The Balaban J connectivity index is 1.29. The molecule has 6 rings (SSSR count). The quantitative estimate of drug-likeness (QED) is 0.333. The topological polar surface area (TPSA) is 136 Å². The molecular weight excluding hydrogens is 484 g/mol. The Morgan fingerprint density at radius 3 is 2.85 bits per heavy atom. The number of nitrogen functional groups attached to an aromatic ring is 2. The second-order valence-electron chi connectivity index (χ2n) is 9.45. The van der Waals surface area contributed by atoms with Crippen molar-refractivity contribution in [1.82, 2.24) is 19.5 Å². The third-order valence-electron chi connectivity index (χ3n) is 7.76. The first-order valence-electron chi connectivity index (χ1n) is 11.2. The fraction of sp³-hybridized carbons (Fsp3) is 0.375. The highest BCUT2D eigenvalue weighted by Crippen LogP contribution is 2.55. The van der Waals surface area contributed by atoms with Crippen LogP contribution in [0.1, 0.15) is 30.9 Å². The molecule has 0 radical (unpaired) electrons. The Labute approximate surface area is 198 Å². The Kier molecular flexibility index (Phi) is 4.66. The smallest absolute Gasteiger partial charge is 0.145 e. The summed E-state index contributed by atoms with van der Waals surface area (Å²) >= 11 is 3.43. The predicted octanol–water partition coefficient (Wildman–Crippen LogP) is 3.21. The van der Waals surface area contributed by atoms with Crippen LogP contribution in [0.2, 0.25) is 0 Å². The number of nitrogens with zero attached hydrogens (tertiary/aromatic N) is 4. The summed E-state index contributed by atoms with van der Waals surface area (Å²) in [5.74, 6) is 1.15. The molecular formula is C24H25BrN6O2. The number of rotatable bonds is 3. The van der Waals surface area contributed by atoms with Crippen LogP contribution in [0, 0.1) is 11.8 Å². The van der Waals surface area contributed by atoms with Crippen molar-refractivity contribution in [2.75, 3.05) is 11.5 Å². The summed E-state index contributed by atoms with van der Waals surface area (Å²) in [6.45, 7) is 0. The molecule has 9 heteroatoms. The highest BCUT2D eigenvalue weighted by atomic mass is 79.9. The maximum atomic E-state index is 11.5. The number of aliphatic hydroxyl groups excluding tert-OH is 1. The van der Waals surface area contributed by atoms with Gasteiger partial charge in [-0.2, -0.15) is 0 Å². The molecule has 3 aromatic heterocycles. The van der Waals surface area contributed by atoms with Crippen molar-refractivity contribution in [2.24, 2.45) is 11.8 Å². The number of nitrogens with two attached hydrogens (primary N) is 2. The average molecular weight is 509 g/mol. The van der Waals surface area contributed by atoms with E-state index < -0.39 is 11.7 Å². The fourth-order valence-electron chi connectivity index (χ4n) is 6.10. The monoisotopic (exact) mass is 508 g/mol. The Bertz CT molecular complexity index is 1390. The summed E-state index contributed by atoms with van der Waals surface area (Å²) in [6.07, 6.45) is 5.42. The molecule has 0 amide bonds. The first-order valence-corrected chi connectivity index (χ1v) is 12.0. The van der Waals surface area contributed by atoms with E-state index in [1.54, 1.807) is 0 Å². The molecule has 2 fully saturated rings. The van der Waals surface area contributed by atoms with Crippen molar-refractivity contribution in [3.05, 3.63) is 52.9 Å². The minimum Gasteiger partial charge on any atom is -0.388 e. The number of fused-ring (bicyclic) bond motifs is 3. The van der Waals surface area contributed by atoms with Gasteiger partial charge >= 0.3 is 0 Å². The number of halogens is 1. The van der Waals surface area contributed by atoms with Gasteiger partial charge in [-0.3, -0.25) is 0 Å². The van der Waals surface area contributed by atoms with Crippen LogP contribution in [-0.4, -0.2) is 41.4 Å². The third-order valence-corrected chi connectivity index (χ3v) is 8.39. The lowest BCUT2D eigenvalue weighted by Gasteiger charge is -2.29. The van der Waals surface area contributed by atoms with Crippen LogP contribution in [0.4, 0.5) is 11.6 Å². The van der Waals surface area contributed by atoms with Gasteiger partial charge in [-0.15, -0.1) is 0 Å². The van der Waals surface area contributed by atoms with E-state index in [1.165, 1.54) is 6.33 Å². The van der Waals surface area contributed by atoms with Crippen LogP contribution in [0.15, 0.2) is 47.3 Å². The van der Waals surface area contributed by atoms with E-state index in [1.807, 2.05) is 22.9 Å². The van der Waals surface area contributed by atoms with E-state index >= 15 is 0 Å². The molecule has 3 heterocycles. The van der Waals surface area contributed by atoms with Gasteiger partial charge in [0.1, 0.15) is 29.7 Å². The van der Waals surface area contributed by atoms with E-state index in [0.717, 1.165) is 39.2 Å². The van der Waals surface area contributed by atoms with Crippen molar-refractivity contribution < 1.29 is 10.2 Å². The van der Waals surface area contributed by atoms with Crippen molar-refractivity contribution in [1.29, 1.82) is 0 Å². The zero-order valence-electron chi connectivity index (χ0n) is 17.9. The van der Waals surface area contributed by atoms with E-state index in [4.69, 9.17) is 11.5 Å². The van der Waals surface area contributed by atoms with Crippen molar-refractivity contribution in [3.8, 4) is 0 Å². The van der Waals surface area contributed by atoms with Gasteiger partial charge < -0.3 is 26.2 Å². The van der Waals surface area contributed by atoms with E-state index in [-0.39, 0.29) is 17.9 Å². The Hall–Kier alpha value is -2.75. The summed E-state index contributed by atoms with van der Waals surface area (Å²) in [4.78, 5) is 12.9. The van der Waals surface area contributed by atoms with Gasteiger partial charge in [0.05, 0.1) is 27.0 Å². The standard InChI is InChI=1S/C24H25BrN6O2/c25-17-9-14-2-1-12(8-18(14)30-22(17)27)7-13-3-5-24(33)16(13)10-19(20(24)32)31-6-4-15-21(26)28-11-29-23(15)31/h1-2,4,6,8-9,11,13,16,19-20,32-33H,3,5,7,10H2,(H2,27,30)(H2,26,28,29)/t13?,16?,19-,20+,24-/m1/s1. The molecule has 5 atom stereocenters. The van der Waals surface area contributed by atoms with Crippen LogP contribution >= 0.6 is 15.9 Å². The second kappa shape index (κ2) is 7.38. The summed E-state index contributed by atoms with van der Waals surface area (Å²) in [5, 5.41) is 24.5. The van der Waals surface area contributed by atoms with Gasteiger partial charge in [0.15, 0.2) is 0 Å². The van der Waals surface area contributed by atoms with Crippen LogP contribution in [-0.2, 0) is 6.42 Å². The van der Waals surface area contributed by atoms with Crippen LogP contribution in [0.5, 0.6) is 0 Å². The van der Waals surface area contributed by atoms with Gasteiger partial charge in [0.2, 0.25) is 0 Å². The predicted molar refractivity (Wildman–Crippen MR) is 130 cm³/mol. The van der Waals surface area contributed by atoms with Gasteiger partial charge in [0.25, 0.3) is 0 Å². The van der Waals surface area contributed by atoms with E-state index in [2.05, 4.69) is 49.1 Å². The molecule has 0 aliphatic heterocycles. The summed E-state index contributed by atoms with van der Waals surface area (Å²) < 4.78 is 2.74. The Morgan fingerprint density at radius 1 is 1.15 bits per heavy atom. The Morgan fingerprint density at radius 2 is 2.00 bits per heavy atom. The molecule has 4 aromatic rings. The van der Waals surface area contributed by atoms with E-state index in [9.17, 15) is 10.2 Å². The average Bonchev–Trinajstić information content (AvgIpc) is 3.42. The SMILES string of the molecule is Nc1nc2cc(CC3CC[C@@]4(O)C3C[C@@H](n3ccc5c(N)ncnc53)[C@@H]4O)ccc2cc1Br. The van der Waals surface area contributed by atoms with E-state index in [0.29, 0.717) is 30.1 Å². The molecule has 6 N–H and O–H groups in total. The second-order valence-corrected chi connectivity index (χ2v) is 10.3. The van der Waals surface area contributed by atoms with Crippen molar-refractivity contribution in [2.45, 2.75) is 43.4 Å². The molecule has 2 aliphatic carbocycles.